The second kappa shape index (κ2) is 7.88. The molecule has 1 aromatic carbocycles. The van der Waals surface area contributed by atoms with E-state index < -0.39 is 0 Å². The molecular weight excluding hydrogens is 224 g/mol. The van der Waals surface area contributed by atoms with Gasteiger partial charge >= 0.3 is 0 Å². The van der Waals surface area contributed by atoms with Crippen LogP contribution >= 0.6 is 0 Å². The summed E-state index contributed by atoms with van der Waals surface area (Å²) in [5, 5.41) is 6.01. The number of likely N-dealkylation sites (N-methyl/N-ethyl adjacent to an activating group) is 1. The molecule has 0 aliphatic rings. The molecule has 0 saturated heterocycles. The number of carbonyl (C=O) groups is 1. The van der Waals surface area contributed by atoms with Gasteiger partial charge in [0, 0.05) is 19.0 Å². The van der Waals surface area contributed by atoms with Crippen LogP contribution in [0.3, 0.4) is 0 Å². The predicted molar refractivity (Wildman–Crippen MR) is 75.4 cm³/mol. The van der Waals surface area contributed by atoms with Crippen molar-refractivity contribution < 1.29 is 4.79 Å². The molecule has 0 radical (unpaired) electrons. The van der Waals surface area contributed by atoms with Gasteiger partial charge in [0.25, 0.3) is 0 Å². The smallest absolute Gasteiger partial charge is 0.223 e. The van der Waals surface area contributed by atoms with E-state index >= 15 is 0 Å². The Morgan fingerprint density at radius 1 is 1.17 bits per heavy atom. The van der Waals surface area contributed by atoms with E-state index in [1.165, 1.54) is 5.56 Å². The largest absolute Gasteiger partial charge is 0.355 e. The average molecular weight is 248 g/mol. The molecule has 2 N–H and O–H groups in total. The first-order valence-corrected chi connectivity index (χ1v) is 6.61. The molecule has 0 aliphatic heterocycles. The number of hydrogen-bond acceptors (Lipinski definition) is 2. The highest BCUT2D eigenvalue weighted by molar-refractivity contribution is 5.79. The second-order valence-electron chi connectivity index (χ2n) is 4.93. The molecule has 3 nitrogen and oxygen atoms in total. The molecule has 0 spiro atoms. The Kier molecular flexibility index (Phi) is 6.44. The highest BCUT2D eigenvalue weighted by atomic mass is 16.1. The van der Waals surface area contributed by atoms with Crippen LogP contribution in [0.25, 0.3) is 0 Å². The lowest BCUT2D eigenvalue weighted by Gasteiger charge is -2.20. The van der Waals surface area contributed by atoms with E-state index in [9.17, 15) is 4.79 Å². The van der Waals surface area contributed by atoms with Gasteiger partial charge in [0.05, 0.1) is 0 Å². The standard InChI is InChI=1S/C15H24N2O/c1-12(2)14(15(18)17-10-9-16-3)11-13-7-5-4-6-8-13/h4-8,12,14,16H,9-11H2,1-3H3,(H,17,18). The van der Waals surface area contributed by atoms with Gasteiger partial charge < -0.3 is 10.6 Å². The molecule has 0 heterocycles. The average Bonchev–Trinajstić information content (AvgIpc) is 2.37. The molecule has 100 valence electrons. The normalized spacial score (nSPS) is 12.4. The Morgan fingerprint density at radius 3 is 2.39 bits per heavy atom. The second-order valence-corrected chi connectivity index (χ2v) is 4.93. The number of amides is 1. The van der Waals surface area contributed by atoms with Gasteiger partial charge in [0.2, 0.25) is 5.91 Å². The fraction of sp³-hybridized carbons (Fsp3) is 0.533. The Morgan fingerprint density at radius 2 is 1.83 bits per heavy atom. The van der Waals surface area contributed by atoms with Crippen LogP contribution in [0.2, 0.25) is 0 Å². The van der Waals surface area contributed by atoms with Crippen molar-refractivity contribution in [3.63, 3.8) is 0 Å². The molecule has 1 amide bonds. The summed E-state index contributed by atoms with van der Waals surface area (Å²) in [5.41, 5.74) is 1.22. The Bertz CT molecular complexity index is 349. The van der Waals surface area contributed by atoms with Crippen LogP contribution in [0.1, 0.15) is 19.4 Å². The molecule has 0 aliphatic carbocycles. The van der Waals surface area contributed by atoms with Crippen molar-refractivity contribution in [2.24, 2.45) is 11.8 Å². The third-order valence-electron chi connectivity index (χ3n) is 3.11. The van der Waals surface area contributed by atoms with Crippen LogP contribution in [-0.2, 0) is 11.2 Å². The number of benzene rings is 1. The van der Waals surface area contributed by atoms with Crippen molar-refractivity contribution in [2.45, 2.75) is 20.3 Å². The molecule has 0 saturated carbocycles. The maximum atomic E-state index is 12.1. The van der Waals surface area contributed by atoms with Gasteiger partial charge in [-0.15, -0.1) is 0 Å². The minimum atomic E-state index is 0.0456. The van der Waals surface area contributed by atoms with Crippen LogP contribution < -0.4 is 10.6 Å². The van der Waals surface area contributed by atoms with Crippen LogP contribution in [0.5, 0.6) is 0 Å². The van der Waals surface area contributed by atoms with E-state index in [1.54, 1.807) is 0 Å². The summed E-state index contributed by atoms with van der Waals surface area (Å²) in [6.45, 7) is 5.70. The fourth-order valence-corrected chi connectivity index (χ4v) is 1.94. The summed E-state index contributed by atoms with van der Waals surface area (Å²) in [6.07, 6.45) is 0.809. The zero-order chi connectivity index (χ0) is 13.4. The van der Waals surface area contributed by atoms with Crippen molar-refractivity contribution in [3.05, 3.63) is 35.9 Å². The first-order chi connectivity index (χ1) is 8.65. The summed E-state index contributed by atoms with van der Waals surface area (Å²) in [4.78, 5) is 12.1. The van der Waals surface area contributed by atoms with Gasteiger partial charge in [-0.2, -0.15) is 0 Å². The van der Waals surface area contributed by atoms with E-state index in [-0.39, 0.29) is 11.8 Å². The van der Waals surface area contributed by atoms with E-state index in [1.807, 2.05) is 25.2 Å². The van der Waals surface area contributed by atoms with E-state index in [4.69, 9.17) is 0 Å². The number of rotatable bonds is 7. The van der Waals surface area contributed by atoms with Gasteiger partial charge in [0.1, 0.15) is 0 Å². The maximum Gasteiger partial charge on any atom is 0.223 e. The molecule has 18 heavy (non-hydrogen) atoms. The fourth-order valence-electron chi connectivity index (χ4n) is 1.94. The van der Waals surface area contributed by atoms with Crippen molar-refractivity contribution >= 4 is 5.91 Å². The van der Waals surface area contributed by atoms with Gasteiger partial charge in [-0.3, -0.25) is 4.79 Å². The minimum absolute atomic E-state index is 0.0456. The summed E-state index contributed by atoms with van der Waals surface area (Å²) in [5.74, 6) is 0.549. The molecule has 0 aromatic heterocycles. The van der Waals surface area contributed by atoms with Gasteiger partial charge in [-0.1, -0.05) is 44.2 Å². The monoisotopic (exact) mass is 248 g/mol. The number of nitrogens with one attached hydrogen (secondary N) is 2. The highest BCUT2D eigenvalue weighted by Gasteiger charge is 2.21. The van der Waals surface area contributed by atoms with Gasteiger partial charge in [-0.05, 0) is 24.9 Å². The van der Waals surface area contributed by atoms with Gasteiger partial charge in [0.15, 0.2) is 0 Å². The molecule has 1 rings (SSSR count). The molecule has 1 atom stereocenters. The van der Waals surface area contributed by atoms with Crippen molar-refractivity contribution in [2.75, 3.05) is 20.1 Å². The SMILES string of the molecule is CNCCNC(=O)C(Cc1ccccc1)C(C)C. The Balaban J connectivity index is 2.57. The molecule has 1 aromatic rings. The lowest BCUT2D eigenvalue weighted by Crippen LogP contribution is -2.38. The third-order valence-corrected chi connectivity index (χ3v) is 3.11. The van der Waals surface area contributed by atoms with Crippen LogP contribution in [0, 0.1) is 11.8 Å². The van der Waals surface area contributed by atoms with E-state index in [0.29, 0.717) is 12.5 Å². The lowest BCUT2D eigenvalue weighted by atomic mass is 9.88. The predicted octanol–water partition coefficient (Wildman–Crippen LogP) is 1.84. The third kappa shape index (κ3) is 4.88. The van der Waals surface area contributed by atoms with Crippen molar-refractivity contribution in [1.29, 1.82) is 0 Å². The molecule has 0 bridgehead atoms. The summed E-state index contributed by atoms with van der Waals surface area (Å²) in [6, 6.07) is 10.2. The van der Waals surface area contributed by atoms with Crippen LogP contribution in [0.15, 0.2) is 30.3 Å². The van der Waals surface area contributed by atoms with E-state index in [2.05, 4.69) is 36.6 Å². The zero-order valence-corrected chi connectivity index (χ0v) is 11.6. The summed E-state index contributed by atoms with van der Waals surface area (Å²) < 4.78 is 0. The first kappa shape index (κ1) is 14.7. The minimum Gasteiger partial charge on any atom is -0.355 e. The molecule has 3 heteroatoms. The summed E-state index contributed by atoms with van der Waals surface area (Å²) >= 11 is 0. The number of carbonyl (C=O) groups excluding carboxylic acids is 1. The van der Waals surface area contributed by atoms with Crippen molar-refractivity contribution in [3.8, 4) is 0 Å². The zero-order valence-electron chi connectivity index (χ0n) is 11.6. The quantitative estimate of drug-likeness (QED) is 0.723. The van der Waals surface area contributed by atoms with Crippen LogP contribution in [0.4, 0.5) is 0 Å². The molecule has 1 unspecified atom stereocenters. The molecule has 0 fully saturated rings. The first-order valence-electron chi connectivity index (χ1n) is 6.61. The Hall–Kier alpha value is -1.35. The lowest BCUT2D eigenvalue weighted by molar-refractivity contribution is -0.126. The van der Waals surface area contributed by atoms with Gasteiger partial charge in [-0.25, -0.2) is 0 Å². The van der Waals surface area contributed by atoms with E-state index in [0.717, 1.165) is 13.0 Å². The number of hydrogen-bond donors (Lipinski definition) is 2. The summed E-state index contributed by atoms with van der Waals surface area (Å²) in [7, 11) is 1.88. The van der Waals surface area contributed by atoms with Crippen molar-refractivity contribution in [1.82, 2.24) is 10.6 Å². The topological polar surface area (TPSA) is 41.1 Å². The Labute approximate surface area is 110 Å². The molecular formula is C15H24N2O. The highest BCUT2D eigenvalue weighted by Crippen LogP contribution is 2.17. The van der Waals surface area contributed by atoms with Crippen LogP contribution in [-0.4, -0.2) is 26.0 Å². The maximum absolute atomic E-state index is 12.1.